The highest BCUT2D eigenvalue weighted by Crippen LogP contribution is 2.20. The van der Waals surface area contributed by atoms with E-state index in [1.54, 1.807) is 24.3 Å². The molecule has 9 heteroatoms. The fraction of sp³-hybridized carbons (Fsp3) is 0.100. The van der Waals surface area contributed by atoms with E-state index in [0.717, 1.165) is 6.26 Å². The summed E-state index contributed by atoms with van der Waals surface area (Å²) in [5, 5.41) is 0.226. The smallest absolute Gasteiger partial charge is 0.330 e. The van der Waals surface area contributed by atoms with Gasteiger partial charge in [-0.05, 0) is 12.1 Å². The van der Waals surface area contributed by atoms with Gasteiger partial charge in [-0.25, -0.2) is 18.2 Å². The Morgan fingerprint density at radius 2 is 1.95 bits per heavy atom. The van der Waals surface area contributed by atoms with Crippen LogP contribution in [0.5, 0.6) is 0 Å². The van der Waals surface area contributed by atoms with E-state index in [1.807, 2.05) is 0 Å². The molecular formula is C10H11N5O3S. The number of hydrogen-bond acceptors (Lipinski definition) is 6. The lowest BCUT2D eigenvalue weighted by molar-refractivity contribution is 0.250. The molecule has 4 N–H and O–H groups in total. The molecule has 0 saturated heterocycles. The maximum absolute atomic E-state index is 11.5. The molecule has 1 aromatic heterocycles. The largest absolute Gasteiger partial charge is 0.350 e. The van der Waals surface area contributed by atoms with E-state index in [1.165, 1.54) is 0 Å². The summed E-state index contributed by atoms with van der Waals surface area (Å²) in [6.07, 6.45) is 1.00. The molecule has 0 saturated carbocycles. The summed E-state index contributed by atoms with van der Waals surface area (Å²) >= 11 is 0. The number of urea groups is 1. The summed E-state index contributed by atoms with van der Waals surface area (Å²) in [6, 6.07) is 5.96. The Hall–Kier alpha value is -2.42. The van der Waals surface area contributed by atoms with Gasteiger partial charge in [0.05, 0.1) is 5.52 Å². The quantitative estimate of drug-likeness (QED) is 0.538. The molecule has 0 fully saturated rings. The minimum absolute atomic E-state index is 0.157. The summed E-state index contributed by atoms with van der Waals surface area (Å²) in [5.74, 6) is 0.157. The number of primary amides is 1. The summed E-state index contributed by atoms with van der Waals surface area (Å²) in [4.78, 5) is 18.5. The lowest BCUT2D eigenvalue weighted by atomic mass is 10.2. The minimum atomic E-state index is -3.56. The van der Waals surface area contributed by atoms with E-state index in [0.29, 0.717) is 10.9 Å². The van der Waals surface area contributed by atoms with Crippen LogP contribution in [-0.2, 0) is 9.84 Å². The number of fused-ring (bicyclic) bond motifs is 1. The average molecular weight is 281 g/mol. The van der Waals surface area contributed by atoms with Gasteiger partial charge in [-0.1, -0.05) is 12.1 Å². The second-order valence-corrected chi connectivity index (χ2v) is 5.67. The number of nitrogens with two attached hydrogens (primary N) is 1. The minimum Gasteiger partial charge on any atom is -0.350 e. The van der Waals surface area contributed by atoms with E-state index in [2.05, 4.69) is 20.8 Å². The standard InChI is InChI=1S/C10H11N5O3S/c1-19(17,18)10-12-7-5-3-2-4-6(7)8(13-10)14-15-9(11)16/h2-5H,1H3,(H3,11,15,16)(H,12,13,14). The van der Waals surface area contributed by atoms with E-state index < -0.39 is 15.9 Å². The van der Waals surface area contributed by atoms with Crippen LogP contribution in [0.4, 0.5) is 10.6 Å². The zero-order valence-corrected chi connectivity index (χ0v) is 10.7. The fourth-order valence-corrected chi connectivity index (χ4v) is 1.96. The normalized spacial score (nSPS) is 11.2. The van der Waals surface area contributed by atoms with Gasteiger partial charge >= 0.3 is 6.03 Å². The molecule has 0 aliphatic heterocycles. The van der Waals surface area contributed by atoms with Crippen LogP contribution >= 0.6 is 0 Å². The number of amides is 2. The van der Waals surface area contributed by atoms with Crippen molar-refractivity contribution in [3.05, 3.63) is 24.3 Å². The van der Waals surface area contributed by atoms with Gasteiger partial charge in [0.1, 0.15) is 0 Å². The Morgan fingerprint density at radius 3 is 2.58 bits per heavy atom. The van der Waals surface area contributed by atoms with Crippen molar-refractivity contribution in [1.29, 1.82) is 0 Å². The average Bonchev–Trinajstić information content (AvgIpc) is 2.34. The maximum atomic E-state index is 11.5. The molecule has 0 spiro atoms. The molecule has 19 heavy (non-hydrogen) atoms. The van der Waals surface area contributed by atoms with E-state index in [-0.39, 0.29) is 11.0 Å². The lowest BCUT2D eigenvalue weighted by Gasteiger charge is -2.09. The predicted octanol–water partition coefficient (Wildman–Crippen LogP) is 0.0285. The van der Waals surface area contributed by atoms with Crippen LogP contribution in [0.2, 0.25) is 0 Å². The molecule has 1 aromatic carbocycles. The number of hydrazine groups is 1. The highest BCUT2D eigenvalue weighted by molar-refractivity contribution is 7.90. The molecule has 0 aliphatic rings. The number of benzene rings is 1. The first-order valence-electron chi connectivity index (χ1n) is 5.16. The van der Waals surface area contributed by atoms with Crippen molar-refractivity contribution in [2.45, 2.75) is 5.16 Å². The van der Waals surface area contributed by atoms with Gasteiger partial charge in [-0.2, -0.15) is 4.98 Å². The third-order valence-corrected chi connectivity index (χ3v) is 3.06. The van der Waals surface area contributed by atoms with Crippen LogP contribution in [0, 0.1) is 0 Å². The zero-order chi connectivity index (χ0) is 14.0. The van der Waals surface area contributed by atoms with Crippen LogP contribution in [0.3, 0.4) is 0 Å². The molecular weight excluding hydrogens is 270 g/mol. The Morgan fingerprint density at radius 1 is 1.26 bits per heavy atom. The molecule has 0 bridgehead atoms. The zero-order valence-electron chi connectivity index (χ0n) is 9.91. The number of nitrogens with zero attached hydrogens (tertiary/aromatic N) is 2. The molecule has 0 atom stereocenters. The third-order valence-electron chi connectivity index (χ3n) is 2.22. The highest BCUT2D eigenvalue weighted by atomic mass is 32.2. The number of anilines is 1. The summed E-state index contributed by atoms with van der Waals surface area (Å²) < 4.78 is 23.0. The number of aromatic nitrogens is 2. The summed E-state index contributed by atoms with van der Waals surface area (Å²) in [7, 11) is -3.56. The van der Waals surface area contributed by atoms with Gasteiger partial charge in [-0.15, -0.1) is 0 Å². The van der Waals surface area contributed by atoms with Gasteiger partial charge in [0, 0.05) is 11.6 Å². The Balaban J connectivity index is 2.61. The number of nitrogens with one attached hydrogen (secondary N) is 2. The molecule has 0 aliphatic carbocycles. The second-order valence-electron chi connectivity index (χ2n) is 3.76. The number of sulfone groups is 1. The van der Waals surface area contributed by atoms with Crippen molar-refractivity contribution >= 4 is 32.6 Å². The van der Waals surface area contributed by atoms with Crippen molar-refractivity contribution in [3.63, 3.8) is 0 Å². The van der Waals surface area contributed by atoms with Gasteiger partial charge in [0.2, 0.25) is 15.0 Å². The van der Waals surface area contributed by atoms with Crippen molar-refractivity contribution < 1.29 is 13.2 Å². The highest BCUT2D eigenvalue weighted by Gasteiger charge is 2.15. The molecule has 2 rings (SSSR count). The predicted molar refractivity (Wildman–Crippen MR) is 69.0 cm³/mol. The van der Waals surface area contributed by atoms with Crippen molar-refractivity contribution in [2.24, 2.45) is 5.73 Å². The number of hydrogen-bond donors (Lipinski definition) is 3. The molecule has 2 amide bonds. The number of carbonyl (C=O) groups excluding carboxylic acids is 1. The van der Waals surface area contributed by atoms with Crippen LogP contribution < -0.4 is 16.6 Å². The Labute approximate surface area is 108 Å². The molecule has 8 nitrogen and oxygen atoms in total. The van der Waals surface area contributed by atoms with Crippen LogP contribution in [0.15, 0.2) is 29.4 Å². The topological polar surface area (TPSA) is 127 Å². The third kappa shape index (κ3) is 2.88. The molecule has 0 radical (unpaired) electrons. The summed E-state index contributed by atoms with van der Waals surface area (Å²) in [5.41, 5.74) is 9.97. The Bertz CT molecular complexity index is 744. The number of para-hydroxylation sites is 1. The molecule has 100 valence electrons. The van der Waals surface area contributed by atoms with Gasteiger partial charge < -0.3 is 5.73 Å². The van der Waals surface area contributed by atoms with E-state index in [9.17, 15) is 13.2 Å². The van der Waals surface area contributed by atoms with Crippen molar-refractivity contribution in [2.75, 3.05) is 11.7 Å². The monoisotopic (exact) mass is 281 g/mol. The first-order valence-corrected chi connectivity index (χ1v) is 7.05. The molecule has 0 unspecified atom stereocenters. The van der Waals surface area contributed by atoms with Gasteiger partial charge in [0.15, 0.2) is 5.82 Å². The van der Waals surface area contributed by atoms with Crippen LogP contribution in [-0.4, -0.2) is 30.7 Å². The Kier molecular flexibility index (Phi) is 3.21. The maximum Gasteiger partial charge on any atom is 0.330 e. The summed E-state index contributed by atoms with van der Waals surface area (Å²) in [6.45, 7) is 0. The molecule has 1 heterocycles. The van der Waals surface area contributed by atoms with Crippen LogP contribution in [0.25, 0.3) is 10.9 Å². The number of carbonyl (C=O) groups is 1. The van der Waals surface area contributed by atoms with Gasteiger partial charge in [-0.3, -0.25) is 10.9 Å². The van der Waals surface area contributed by atoms with E-state index >= 15 is 0 Å². The van der Waals surface area contributed by atoms with E-state index in [4.69, 9.17) is 5.73 Å². The SMILES string of the molecule is CS(=O)(=O)c1nc(NNC(N)=O)c2ccccc2n1. The van der Waals surface area contributed by atoms with Crippen LogP contribution in [0.1, 0.15) is 0 Å². The van der Waals surface area contributed by atoms with Gasteiger partial charge in [0.25, 0.3) is 0 Å². The lowest BCUT2D eigenvalue weighted by Crippen LogP contribution is -2.34. The first kappa shape index (κ1) is 13.0. The second kappa shape index (κ2) is 4.69. The van der Waals surface area contributed by atoms with Crippen molar-refractivity contribution in [1.82, 2.24) is 15.4 Å². The number of rotatable bonds is 3. The molecule has 2 aromatic rings. The van der Waals surface area contributed by atoms with Crippen molar-refractivity contribution in [3.8, 4) is 0 Å². The first-order chi connectivity index (χ1) is 8.88. The fourth-order valence-electron chi connectivity index (χ4n) is 1.44.